The standard InChI is InChI=1S/C16H14ClFN2O2/c1-20(16(22)11-3-2-4-12(17)9-11)10-15(21)19-14-7-5-13(18)6-8-14/h2-9H,10H2,1H3,(H,19,21). The molecule has 2 amide bonds. The van der Waals surface area contributed by atoms with Crippen molar-refractivity contribution in [2.24, 2.45) is 0 Å². The Bertz CT molecular complexity index is 689. The average molecular weight is 321 g/mol. The molecule has 0 atom stereocenters. The Morgan fingerprint density at radius 3 is 2.50 bits per heavy atom. The van der Waals surface area contributed by atoms with Gasteiger partial charge in [-0.3, -0.25) is 9.59 Å². The van der Waals surface area contributed by atoms with Gasteiger partial charge in [0, 0.05) is 23.3 Å². The summed E-state index contributed by atoms with van der Waals surface area (Å²) in [5.41, 5.74) is 0.875. The van der Waals surface area contributed by atoms with Gasteiger partial charge in [0.1, 0.15) is 5.82 Å². The highest BCUT2D eigenvalue weighted by Crippen LogP contribution is 2.12. The van der Waals surface area contributed by atoms with Crippen molar-refractivity contribution >= 4 is 29.1 Å². The van der Waals surface area contributed by atoms with Gasteiger partial charge in [0.05, 0.1) is 6.54 Å². The molecule has 0 aromatic heterocycles. The molecular weight excluding hydrogens is 307 g/mol. The smallest absolute Gasteiger partial charge is 0.254 e. The number of halogens is 2. The number of hydrogen-bond donors (Lipinski definition) is 1. The first kappa shape index (κ1) is 16.0. The maximum absolute atomic E-state index is 12.8. The number of rotatable bonds is 4. The zero-order valence-corrected chi connectivity index (χ0v) is 12.6. The Labute approximate surface area is 132 Å². The van der Waals surface area contributed by atoms with Crippen LogP contribution in [0.3, 0.4) is 0 Å². The van der Waals surface area contributed by atoms with Crippen LogP contribution in [0.5, 0.6) is 0 Å². The number of amides is 2. The van der Waals surface area contributed by atoms with Crippen LogP contribution in [0.25, 0.3) is 0 Å². The van der Waals surface area contributed by atoms with E-state index in [9.17, 15) is 14.0 Å². The molecule has 1 N–H and O–H groups in total. The fraction of sp³-hybridized carbons (Fsp3) is 0.125. The average Bonchev–Trinajstić information content (AvgIpc) is 2.48. The van der Waals surface area contributed by atoms with E-state index in [0.29, 0.717) is 16.3 Å². The molecule has 0 aliphatic rings. The number of anilines is 1. The van der Waals surface area contributed by atoms with Crippen LogP contribution < -0.4 is 5.32 Å². The molecule has 0 fully saturated rings. The number of carbonyl (C=O) groups excluding carboxylic acids is 2. The maximum atomic E-state index is 12.8. The highest BCUT2D eigenvalue weighted by Gasteiger charge is 2.15. The van der Waals surface area contributed by atoms with Crippen LogP contribution in [-0.2, 0) is 4.79 Å². The van der Waals surface area contributed by atoms with E-state index in [1.807, 2.05) is 0 Å². The number of likely N-dealkylation sites (N-methyl/N-ethyl adjacent to an activating group) is 1. The third-order valence-electron chi connectivity index (χ3n) is 2.93. The highest BCUT2D eigenvalue weighted by atomic mass is 35.5. The predicted molar refractivity (Wildman–Crippen MR) is 83.4 cm³/mol. The molecule has 0 bridgehead atoms. The van der Waals surface area contributed by atoms with Gasteiger partial charge < -0.3 is 10.2 Å². The van der Waals surface area contributed by atoms with Gasteiger partial charge in [-0.2, -0.15) is 0 Å². The summed E-state index contributed by atoms with van der Waals surface area (Å²) in [6, 6.07) is 11.9. The molecule has 0 aliphatic heterocycles. The van der Waals surface area contributed by atoms with E-state index in [1.165, 1.54) is 42.3 Å². The molecule has 2 rings (SSSR count). The van der Waals surface area contributed by atoms with Gasteiger partial charge in [-0.15, -0.1) is 0 Å². The first-order valence-electron chi connectivity index (χ1n) is 6.52. The molecule has 0 saturated carbocycles. The third kappa shape index (κ3) is 4.30. The van der Waals surface area contributed by atoms with Gasteiger partial charge in [0.25, 0.3) is 5.91 Å². The highest BCUT2D eigenvalue weighted by molar-refractivity contribution is 6.31. The van der Waals surface area contributed by atoms with Gasteiger partial charge in [0.2, 0.25) is 5.91 Å². The lowest BCUT2D eigenvalue weighted by Crippen LogP contribution is -2.34. The number of hydrogen-bond acceptors (Lipinski definition) is 2. The molecule has 0 radical (unpaired) electrons. The van der Waals surface area contributed by atoms with Crippen LogP contribution in [0.2, 0.25) is 5.02 Å². The van der Waals surface area contributed by atoms with E-state index in [-0.39, 0.29) is 24.2 Å². The van der Waals surface area contributed by atoms with Crippen LogP contribution in [0, 0.1) is 5.82 Å². The molecule has 114 valence electrons. The van der Waals surface area contributed by atoms with E-state index < -0.39 is 0 Å². The van der Waals surface area contributed by atoms with Gasteiger partial charge in [-0.05, 0) is 42.5 Å². The lowest BCUT2D eigenvalue weighted by molar-refractivity contribution is -0.116. The van der Waals surface area contributed by atoms with E-state index >= 15 is 0 Å². The quantitative estimate of drug-likeness (QED) is 0.940. The second-order valence-electron chi connectivity index (χ2n) is 4.73. The minimum atomic E-state index is -0.383. The van der Waals surface area contributed by atoms with Crippen molar-refractivity contribution in [1.29, 1.82) is 0 Å². The molecule has 22 heavy (non-hydrogen) atoms. The maximum Gasteiger partial charge on any atom is 0.254 e. The lowest BCUT2D eigenvalue weighted by Gasteiger charge is -2.17. The van der Waals surface area contributed by atoms with Crippen molar-refractivity contribution in [2.45, 2.75) is 0 Å². The van der Waals surface area contributed by atoms with Crippen molar-refractivity contribution in [1.82, 2.24) is 4.90 Å². The normalized spacial score (nSPS) is 10.1. The van der Waals surface area contributed by atoms with Crippen molar-refractivity contribution in [3.05, 3.63) is 64.9 Å². The molecular formula is C16H14ClFN2O2. The first-order chi connectivity index (χ1) is 10.5. The molecule has 6 heteroatoms. The zero-order valence-electron chi connectivity index (χ0n) is 11.8. The fourth-order valence-electron chi connectivity index (χ4n) is 1.86. The summed E-state index contributed by atoms with van der Waals surface area (Å²) >= 11 is 5.84. The monoisotopic (exact) mass is 320 g/mol. The van der Waals surface area contributed by atoms with Gasteiger partial charge in [0.15, 0.2) is 0 Å². The summed E-state index contributed by atoms with van der Waals surface area (Å²) in [7, 11) is 1.52. The second-order valence-corrected chi connectivity index (χ2v) is 5.16. The van der Waals surface area contributed by atoms with Crippen LogP contribution in [0.4, 0.5) is 10.1 Å². The summed E-state index contributed by atoms with van der Waals surface area (Å²) in [5.74, 6) is -1.06. The van der Waals surface area contributed by atoms with Crippen molar-refractivity contribution in [3.8, 4) is 0 Å². The molecule has 0 aliphatic carbocycles. The van der Waals surface area contributed by atoms with Crippen molar-refractivity contribution in [2.75, 3.05) is 18.9 Å². The molecule has 4 nitrogen and oxygen atoms in total. The molecule has 2 aromatic carbocycles. The zero-order chi connectivity index (χ0) is 16.1. The predicted octanol–water partition coefficient (Wildman–Crippen LogP) is 3.19. The first-order valence-corrected chi connectivity index (χ1v) is 6.90. The molecule has 0 heterocycles. The fourth-order valence-corrected chi connectivity index (χ4v) is 2.05. The SMILES string of the molecule is CN(CC(=O)Nc1ccc(F)cc1)C(=O)c1cccc(Cl)c1. The van der Waals surface area contributed by atoms with E-state index in [0.717, 1.165) is 0 Å². The Morgan fingerprint density at radius 2 is 1.86 bits per heavy atom. The molecule has 0 saturated heterocycles. The summed E-state index contributed by atoms with van der Waals surface area (Å²) in [5, 5.41) is 3.05. The van der Waals surface area contributed by atoms with Crippen LogP contribution in [0.1, 0.15) is 10.4 Å². The molecule has 0 unspecified atom stereocenters. The van der Waals surface area contributed by atoms with E-state index in [4.69, 9.17) is 11.6 Å². The number of nitrogens with zero attached hydrogens (tertiary/aromatic N) is 1. The van der Waals surface area contributed by atoms with Crippen LogP contribution in [-0.4, -0.2) is 30.3 Å². The number of carbonyl (C=O) groups is 2. The Balaban J connectivity index is 1.96. The van der Waals surface area contributed by atoms with Crippen molar-refractivity contribution < 1.29 is 14.0 Å². The second kappa shape index (κ2) is 7.04. The Hall–Kier alpha value is -2.40. The van der Waals surface area contributed by atoms with Crippen LogP contribution >= 0.6 is 11.6 Å². The van der Waals surface area contributed by atoms with E-state index in [2.05, 4.69) is 5.32 Å². The summed E-state index contributed by atoms with van der Waals surface area (Å²) in [6.07, 6.45) is 0. The van der Waals surface area contributed by atoms with Gasteiger partial charge >= 0.3 is 0 Å². The van der Waals surface area contributed by atoms with Gasteiger partial charge in [-0.1, -0.05) is 17.7 Å². The van der Waals surface area contributed by atoms with E-state index in [1.54, 1.807) is 18.2 Å². The minimum Gasteiger partial charge on any atom is -0.332 e. The van der Waals surface area contributed by atoms with Crippen molar-refractivity contribution in [3.63, 3.8) is 0 Å². The summed E-state index contributed by atoms with van der Waals surface area (Å²) in [4.78, 5) is 25.3. The topological polar surface area (TPSA) is 49.4 Å². The lowest BCUT2D eigenvalue weighted by atomic mass is 10.2. The minimum absolute atomic E-state index is 0.122. The van der Waals surface area contributed by atoms with Crippen LogP contribution in [0.15, 0.2) is 48.5 Å². The molecule has 2 aromatic rings. The van der Waals surface area contributed by atoms with Gasteiger partial charge in [-0.25, -0.2) is 4.39 Å². The molecule has 0 spiro atoms. The Kier molecular flexibility index (Phi) is 5.12. The Morgan fingerprint density at radius 1 is 1.18 bits per heavy atom. The summed E-state index contributed by atoms with van der Waals surface area (Å²) in [6.45, 7) is -0.122. The summed E-state index contributed by atoms with van der Waals surface area (Å²) < 4.78 is 12.8. The number of nitrogens with one attached hydrogen (secondary N) is 1. The number of benzene rings is 2. The third-order valence-corrected chi connectivity index (χ3v) is 3.16. The largest absolute Gasteiger partial charge is 0.332 e.